The molecule has 0 aromatic heterocycles. The molecule has 0 aromatic rings. The molecular formula is C58H106NO7P. The average Bonchev–Trinajstić information content (AvgIpc) is 3.29. The minimum absolute atomic E-state index is 0.0172. The van der Waals surface area contributed by atoms with Gasteiger partial charge in [-0.05, 0) is 64.2 Å². The second-order valence-corrected chi connectivity index (χ2v) is 21.0. The first-order valence-electron chi connectivity index (χ1n) is 27.7. The van der Waals surface area contributed by atoms with Crippen molar-refractivity contribution in [3.8, 4) is 0 Å². The maximum absolute atomic E-state index is 12.8. The highest BCUT2D eigenvalue weighted by atomic mass is 31.2. The SMILES string of the molecule is CC/C=C\C/C=C\C/C=C\C/C=C\C/C=C\C/C=C\CCCCCOCC(COP(=O)([O-])OCC[N+](C)(C)C)OC(=O)CCCCCCCCCCCCCCCCCCCCCCCCC. The highest BCUT2D eigenvalue weighted by Gasteiger charge is 2.20. The Morgan fingerprint density at radius 1 is 0.478 bits per heavy atom. The topological polar surface area (TPSA) is 94.1 Å². The molecule has 2 atom stereocenters. The van der Waals surface area contributed by atoms with Gasteiger partial charge in [-0.15, -0.1) is 0 Å². The molecule has 0 N–H and O–H groups in total. The first kappa shape index (κ1) is 64.9. The molecule has 0 fully saturated rings. The van der Waals surface area contributed by atoms with Crippen LogP contribution in [0.2, 0.25) is 0 Å². The van der Waals surface area contributed by atoms with Gasteiger partial charge in [0.05, 0.1) is 34.4 Å². The number of phosphoric acid groups is 1. The van der Waals surface area contributed by atoms with Crippen LogP contribution in [-0.4, -0.2) is 70.7 Å². The Morgan fingerprint density at radius 3 is 1.28 bits per heavy atom. The Balaban J connectivity index is 4.16. The molecule has 67 heavy (non-hydrogen) atoms. The molecule has 0 aliphatic carbocycles. The number of quaternary nitrogens is 1. The molecule has 390 valence electrons. The number of nitrogens with zero attached hydrogens (tertiary/aromatic N) is 1. The van der Waals surface area contributed by atoms with Crippen molar-refractivity contribution in [3.05, 3.63) is 72.9 Å². The van der Waals surface area contributed by atoms with Crippen molar-refractivity contribution in [1.29, 1.82) is 0 Å². The van der Waals surface area contributed by atoms with Gasteiger partial charge in [-0.1, -0.05) is 234 Å². The van der Waals surface area contributed by atoms with Crippen LogP contribution in [-0.2, 0) is 27.9 Å². The zero-order valence-corrected chi connectivity index (χ0v) is 45.2. The number of phosphoric ester groups is 1. The van der Waals surface area contributed by atoms with E-state index in [4.69, 9.17) is 18.5 Å². The fourth-order valence-electron chi connectivity index (χ4n) is 7.55. The van der Waals surface area contributed by atoms with Gasteiger partial charge in [-0.3, -0.25) is 9.36 Å². The van der Waals surface area contributed by atoms with E-state index >= 15 is 0 Å². The Kier molecular flexibility index (Phi) is 48.8. The Bertz CT molecular complexity index is 1300. The van der Waals surface area contributed by atoms with Gasteiger partial charge in [0.1, 0.15) is 19.3 Å². The monoisotopic (exact) mass is 960 g/mol. The summed E-state index contributed by atoms with van der Waals surface area (Å²) in [6.45, 7) is 5.24. The predicted octanol–water partition coefficient (Wildman–Crippen LogP) is 16.8. The number of carbonyl (C=O) groups excluding carboxylic acids is 1. The number of esters is 1. The summed E-state index contributed by atoms with van der Waals surface area (Å²) in [7, 11) is 1.33. The number of rotatable bonds is 51. The number of ether oxygens (including phenoxy) is 2. The summed E-state index contributed by atoms with van der Waals surface area (Å²) in [6, 6.07) is 0. The number of carbonyl (C=O) groups is 1. The molecule has 0 spiro atoms. The minimum Gasteiger partial charge on any atom is -0.756 e. The van der Waals surface area contributed by atoms with Crippen molar-refractivity contribution in [3.63, 3.8) is 0 Å². The largest absolute Gasteiger partial charge is 0.756 e. The van der Waals surface area contributed by atoms with Gasteiger partial charge in [-0.25, -0.2) is 0 Å². The Hall–Kier alpha value is -2.06. The lowest BCUT2D eigenvalue weighted by Gasteiger charge is -2.28. The van der Waals surface area contributed by atoms with Gasteiger partial charge in [-0.2, -0.15) is 0 Å². The molecule has 2 unspecified atom stereocenters. The highest BCUT2D eigenvalue weighted by Crippen LogP contribution is 2.38. The highest BCUT2D eigenvalue weighted by molar-refractivity contribution is 7.45. The van der Waals surface area contributed by atoms with Crippen LogP contribution in [0.25, 0.3) is 0 Å². The van der Waals surface area contributed by atoms with Crippen LogP contribution in [0.1, 0.15) is 232 Å². The smallest absolute Gasteiger partial charge is 0.306 e. The van der Waals surface area contributed by atoms with E-state index in [1.807, 2.05) is 21.1 Å². The van der Waals surface area contributed by atoms with E-state index in [1.54, 1.807) is 0 Å². The van der Waals surface area contributed by atoms with Gasteiger partial charge in [0.25, 0.3) is 7.82 Å². The number of allylic oxidation sites excluding steroid dienone is 12. The standard InChI is InChI=1S/C58H106NO7P/c1-6-8-10-12-14-16-18-20-22-24-26-28-30-31-33-35-37-39-41-43-45-47-49-51-58(60)66-57(56-65-67(61,62)64-54-52-59(3,4)5)55-63-53-50-48-46-44-42-40-38-36-34-32-29-27-25-23-21-19-17-15-13-11-9-7-2/h9,11,15,17,21,23,27,29,34,36,40,42,57H,6-8,10,12-14,16,18-20,22,24-26,28,30-33,35,37-39,41,43-56H2,1-5H3/b11-9-,17-15-,23-21-,29-27-,36-34-,42-40-. The second-order valence-electron chi connectivity index (χ2n) is 19.6. The molecule has 0 radical (unpaired) electrons. The van der Waals surface area contributed by atoms with E-state index in [9.17, 15) is 14.3 Å². The molecule has 0 bridgehead atoms. The van der Waals surface area contributed by atoms with E-state index in [1.165, 1.54) is 128 Å². The van der Waals surface area contributed by atoms with Gasteiger partial charge in [0.2, 0.25) is 0 Å². The lowest BCUT2D eigenvalue weighted by Crippen LogP contribution is -2.37. The Labute approximate surface area is 414 Å². The first-order chi connectivity index (χ1) is 32.6. The molecule has 0 aromatic carbocycles. The summed E-state index contributed by atoms with van der Waals surface area (Å²) in [5.74, 6) is -0.344. The number of hydrogen-bond donors (Lipinski definition) is 0. The van der Waals surface area contributed by atoms with Crippen molar-refractivity contribution >= 4 is 13.8 Å². The molecular weight excluding hydrogens is 854 g/mol. The average molecular weight is 960 g/mol. The van der Waals surface area contributed by atoms with E-state index in [0.29, 0.717) is 24.1 Å². The van der Waals surface area contributed by atoms with E-state index in [-0.39, 0.29) is 25.8 Å². The zero-order valence-electron chi connectivity index (χ0n) is 44.3. The van der Waals surface area contributed by atoms with Crippen LogP contribution in [0, 0.1) is 0 Å². The molecule has 0 heterocycles. The molecule has 8 nitrogen and oxygen atoms in total. The predicted molar refractivity (Wildman–Crippen MR) is 286 cm³/mol. The molecule has 0 rings (SSSR count). The van der Waals surface area contributed by atoms with Crippen LogP contribution in [0.3, 0.4) is 0 Å². The normalized spacial score (nSPS) is 14.1. The molecule has 0 saturated heterocycles. The van der Waals surface area contributed by atoms with E-state index in [2.05, 4.69) is 86.8 Å². The minimum atomic E-state index is -4.55. The lowest BCUT2D eigenvalue weighted by molar-refractivity contribution is -0.870. The van der Waals surface area contributed by atoms with Gasteiger partial charge < -0.3 is 27.9 Å². The summed E-state index contributed by atoms with van der Waals surface area (Å²) < 4.78 is 34.8. The van der Waals surface area contributed by atoms with Crippen LogP contribution >= 0.6 is 7.82 Å². The quantitative estimate of drug-likeness (QED) is 0.0197. The van der Waals surface area contributed by atoms with Crippen molar-refractivity contribution < 1.29 is 37.3 Å². The second kappa shape index (κ2) is 50.3. The molecule has 0 saturated carbocycles. The Morgan fingerprint density at radius 2 is 0.866 bits per heavy atom. The van der Waals surface area contributed by atoms with Gasteiger partial charge in [0.15, 0.2) is 0 Å². The van der Waals surface area contributed by atoms with Crippen molar-refractivity contribution in [2.24, 2.45) is 0 Å². The maximum atomic E-state index is 12.8. The molecule has 9 heteroatoms. The summed E-state index contributed by atoms with van der Waals surface area (Å²) in [5, 5.41) is 0. The number of likely N-dealkylation sites (N-methyl/N-ethyl adjacent to an activating group) is 1. The number of hydrogen-bond acceptors (Lipinski definition) is 7. The lowest BCUT2D eigenvalue weighted by atomic mass is 10.0. The van der Waals surface area contributed by atoms with Gasteiger partial charge in [0, 0.05) is 13.0 Å². The summed E-state index contributed by atoms with van der Waals surface area (Å²) in [4.78, 5) is 25.2. The first-order valence-corrected chi connectivity index (χ1v) is 29.1. The fourth-order valence-corrected chi connectivity index (χ4v) is 8.28. The number of unbranched alkanes of at least 4 members (excludes halogenated alkanes) is 25. The molecule has 0 amide bonds. The third-order valence-corrected chi connectivity index (χ3v) is 12.7. The maximum Gasteiger partial charge on any atom is 0.306 e. The van der Waals surface area contributed by atoms with Crippen LogP contribution in [0.4, 0.5) is 0 Å². The fraction of sp³-hybridized carbons (Fsp3) is 0.776. The summed E-state index contributed by atoms with van der Waals surface area (Å²) in [5.41, 5.74) is 0. The van der Waals surface area contributed by atoms with Crippen molar-refractivity contribution in [2.45, 2.75) is 238 Å². The van der Waals surface area contributed by atoms with Crippen LogP contribution in [0.5, 0.6) is 0 Å². The molecule has 0 aliphatic rings. The van der Waals surface area contributed by atoms with E-state index < -0.39 is 13.9 Å². The van der Waals surface area contributed by atoms with Gasteiger partial charge >= 0.3 is 5.97 Å². The third kappa shape index (κ3) is 54.7. The summed E-state index contributed by atoms with van der Waals surface area (Å²) >= 11 is 0. The van der Waals surface area contributed by atoms with E-state index in [0.717, 1.165) is 83.5 Å². The van der Waals surface area contributed by atoms with Crippen molar-refractivity contribution in [1.82, 2.24) is 0 Å². The zero-order chi connectivity index (χ0) is 49.0. The van der Waals surface area contributed by atoms with Crippen LogP contribution in [0.15, 0.2) is 72.9 Å². The molecule has 0 aliphatic heterocycles. The van der Waals surface area contributed by atoms with Crippen LogP contribution < -0.4 is 4.89 Å². The third-order valence-electron chi connectivity index (χ3n) is 11.8. The van der Waals surface area contributed by atoms with Crippen molar-refractivity contribution in [2.75, 3.05) is 54.1 Å². The summed E-state index contributed by atoms with van der Waals surface area (Å²) in [6.07, 6.45) is 66.6.